The summed E-state index contributed by atoms with van der Waals surface area (Å²) in [6.45, 7) is 0. The summed E-state index contributed by atoms with van der Waals surface area (Å²) in [6.07, 6.45) is 1.77. The fraction of sp³-hybridized carbons (Fsp3) is 0.0625. The van der Waals surface area contributed by atoms with E-state index in [2.05, 4.69) is 0 Å². The van der Waals surface area contributed by atoms with Crippen LogP contribution in [0.2, 0.25) is 0 Å². The quantitative estimate of drug-likeness (QED) is 0.466. The van der Waals surface area contributed by atoms with Gasteiger partial charge in [-0.05, 0) is 35.0 Å². The normalized spacial score (nSPS) is 11.8. The van der Waals surface area contributed by atoms with Crippen LogP contribution in [0, 0.1) is 0 Å². The minimum Gasteiger partial charge on any atom is -0.314 e. The number of carbonyl (C=O) groups is 1. The Bertz CT molecular complexity index is 818. The first-order valence-corrected chi connectivity index (χ1v) is 7.38. The number of carbonyl (C=O) groups excluding carboxylic acids is 1. The van der Waals surface area contributed by atoms with Crippen LogP contribution in [-0.4, -0.2) is 14.1 Å². The lowest BCUT2D eigenvalue weighted by Crippen LogP contribution is -2.21. The number of fused-ring (bicyclic) bond motifs is 1. The highest BCUT2D eigenvalue weighted by Gasteiger charge is 2.33. The summed E-state index contributed by atoms with van der Waals surface area (Å²) in [5.41, 5.74) is 1.18. The van der Waals surface area contributed by atoms with E-state index in [1.165, 1.54) is 0 Å². The molecule has 0 radical (unpaired) electrons. The van der Waals surface area contributed by atoms with Crippen molar-refractivity contribution in [2.24, 2.45) is 0 Å². The van der Waals surface area contributed by atoms with Crippen molar-refractivity contribution in [1.29, 1.82) is 0 Å². The fourth-order valence-electron chi connectivity index (χ4n) is 2.26. The third-order valence-corrected chi connectivity index (χ3v) is 3.77. The molecule has 2 nitrogen and oxygen atoms in total. The first-order chi connectivity index (χ1) is 9.97. The lowest BCUT2D eigenvalue weighted by atomic mass is 10.1. The lowest BCUT2D eigenvalue weighted by molar-refractivity contribution is 0.0990. The predicted molar refractivity (Wildman–Crippen MR) is 87.9 cm³/mol. The molecule has 1 heterocycles. The monoisotopic (exact) mass is 337 g/mol. The molecule has 1 aromatic heterocycles. The molecule has 0 bridgehead atoms. The summed E-state index contributed by atoms with van der Waals surface area (Å²) in [4.78, 5) is 12.2. The molecule has 0 amide bonds. The summed E-state index contributed by atoms with van der Waals surface area (Å²) in [5, 5.41) is 2.21. The SMILES string of the molecule is O=C(c1cccn1-c1ccc2ccccc2c1)C(Cl)(Cl)Cl. The van der Waals surface area contributed by atoms with E-state index in [1.54, 1.807) is 22.9 Å². The van der Waals surface area contributed by atoms with Crippen molar-refractivity contribution >= 4 is 51.4 Å². The van der Waals surface area contributed by atoms with Crippen LogP contribution < -0.4 is 0 Å². The molecule has 3 aromatic rings. The van der Waals surface area contributed by atoms with Crippen LogP contribution >= 0.6 is 34.8 Å². The van der Waals surface area contributed by atoms with Crippen molar-refractivity contribution in [1.82, 2.24) is 4.57 Å². The Morgan fingerprint density at radius 2 is 1.62 bits per heavy atom. The number of ketones is 1. The number of alkyl halides is 3. The maximum atomic E-state index is 12.2. The number of hydrogen-bond donors (Lipinski definition) is 0. The minimum atomic E-state index is -1.97. The molecule has 106 valence electrons. The van der Waals surface area contributed by atoms with Crippen molar-refractivity contribution in [3.05, 3.63) is 66.5 Å². The molecule has 0 N–H and O–H groups in total. The second-order valence-electron chi connectivity index (χ2n) is 4.62. The van der Waals surface area contributed by atoms with Crippen LogP contribution in [0.25, 0.3) is 16.5 Å². The van der Waals surface area contributed by atoms with E-state index in [9.17, 15) is 4.79 Å². The molecule has 0 saturated heterocycles. The van der Waals surface area contributed by atoms with Gasteiger partial charge in [0.2, 0.25) is 5.78 Å². The second-order valence-corrected chi connectivity index (χ2v) is 6.90. The van der Waals surface area contributed by atoms with Gasteiger partial charge in [0.15, 0.2) is 0 Å². The highest BCUT2D eigenvalue weighted by atomic mass is 35.6. The Morgan fingerprint density at radius 1 is 0.905 bits per heavy atom. The second kappa shape index (κ2) is 5.38. The highest BCUT2D eigenvalue weighted by Crippen LogP contribution is 2.31. The van der Waals surface area contributed by atoms with E-state index in [0.29, 0.717) is 5.69 Å². The third-order valence-electron chi connectivity index (χ3n) is 3.25. The molecule has 0 aliphatic heterocycles. The van der Waals surface area contributed by atoms with Crippen molar-refractivity contribution in [2.75, 3.05) is 0 Å². The maximum Gasteiger partial charge on any atom is 0.255 e. The van der Waals surface area contributed by atoms with Crippen LogP contribution in [0.4, 0.5) is 0 Å². The molecule has 3 rings (SSSR count). The fourth-order valence-corrected chi connectivity index (χ4v) is 2.55. The first kappa shape index (κ1) is 14.5. The standard InChI is InChI=1S/C16H10Cl3NO/c17-16(18,19)15(21)14-6-3-9-20(14)13-8-7-11-4-1-2-5-12(11)10-13/h1-10H. The van der Waals surface area contributed by atoms with Gasteiger partial charge in [-0.15, -0.1) is 0 Å². The van der Waals surface area contributed by atoms with Gasteiger partial charge < -0.3 is 4.57 Å². The topological polar surface area (TPSA) is 22.0 Å². The Hall–Kier alpha value is -1.48. The van der Waals surface area contributed by atoms with Gasteiger partial charge in [-0.25, -0.2) is 0 Å². The highest BCUT2D eigenvalue weighted by molar-refractivity contribution is 6.77. The molecule has 0 aliphatic rings. The third kappa shape index (κ3) is 2.80. The van der Waals surface area contributed by atoms with Gasteiger partial charge in [-0.3, -0.25) is 4.79 Å². The average Bonchev–Trinajstić information content (AvgIpc) is 2.94. The number of aromatic nitrogens is 1. The zero-order valence-electron chi connectivity index (χ0n) is 10.8. The van der Waals surface area contributed by atoms with Gasteiger partial charge in [-0.1, -0.05) is 65.1 Å². The largest absolute Gasteiger partial charge is 0.314 e. The number of rotatable bonds is 2. The molecule has 0 spiro atoms. The number of nitrogens with zero attached hydrogens (tertiary/aromatic N) is 1. The Labute approximate surface area is 136 Å². The summed E-state index contributed by atoms with van der Waals surface area (Å²) in [5.74, 6) is -0.550. The van der Waals surface area contributed by atoms with Crippen LogP contribution in [0.1, 0.15) is 10.5 Å². The molecule has 0 saturated carbocycles. The Morgan fingerprint density at radius 3 is 2.33 bits per heavy atom. The van der Waals surface area contributed by atoms with Crippen molar-refractivity contribution < 1.29 is 4.79 Å². The zero-order valence-corrected chi connectivity index (χ0v) is 13.0. The summed E-state index contributed by atoms with van der Waals surface area (Å²) in [7, 11) is 0. The molecule has 0 aliphatic carbocycles. The van der Waals surface area contributed by atoms with Crippen molar-refractivity contribution in [3.8, 4) is 5.69 Å². The first-order valence-electron chi connectivity index (χ1n) is 6.25. The van der Waals surface area contributed by atoms with Gasteiger partial charge in [0, 0.05) is 11.9 Å². The Kier molecular flexibility index (Phi) is 3.70. The van der Waals surface area contributed by atoms with Crippen molar-refractivity contribution in [2.45, 2.75) is 3.79 Å². The zero-order chi connectivity index (χ0) is 15.0. The average molecular weight is 339 g/mol. The van der Waals surface area contributed by atoms with Gasteiger partial charge in [0.25, 0.3) is 3.79 Å². The van der Waals surface area contributed by atoms with E-state index < -0.39 is 9.58 Å². The summed E-state index contributed by atoms with van der Waals surface area (Å²) >= 11 is 17.1. The molecular formula is C16H10Cl3NO. The van der Waals surface area contributed by atoms with Gasteiger partial charge >= 0.3 is 0 Å². The van der Waals surface area contributed by atoms with E-state index in [-0.39, 0.29) is 0 Å². The van der Waals surface area contributed by atoms with E-state index in [1.807, 2.05) is 42.5 Å². The van der Waals surface area contributed by atoms with Gasteiger partial charge in [0.1, 0.15) is 0 Å². The number of halogens is 3. The van der Waals surface area contributed by atoms with E-state index >= 15 is 0 Å². The Balaban J connectivity index is 2.12. The van der Waals surface area contributed by atoms with Gasteiger partial charge in [0.05, 0.1) is 5.69 Å². The van der Waals surface area contributed by atoms with Crippen LogP contribution in [0.5, 0.6) is 0 Å². The molecule has 0 fully saturated rings. The maximum absolute atomic E-state index is 12.2. The van der Waals surface area contributed by atoms with Crippen LogP contribution in [0.3, 0.4) is 0 Å². The molecule has 21 heavy (non-hydrogen) atoms. The summed E-state index contributed by atoms with van der Waals surface area (Å²) in [6, 6.07) is 17.3. The number of benzene rings is 2. The molecule has 2 aromatic carbocycles. The molecule has 0 unspecified atom stereocenters. The van der Waals surface area contributed by atoms with Crippen LogP contribution in [-0.2, 0) is 0 Å². The molecule has 0 atom stereocenters. The molecular weight excluding hydrogens is 329 g/mol. The lowest BCUT2D eigenvalue weighted by Gasteiger charge is -2.13. The molecule has 5 heteroatoms. The smallest absolute Gasteiger partial charge is 0.255 e. The van der Waals surface area contributed by atoms with Crippen LogP contribution in [0.15, 0.2) is 60.8 Å². The number of Topliss-reactive ketones (excluding diaryl/α,β-unsaturated/α-hetero) is 1. The van der Waals surface area contributed by atoms with E-state index in [0.717, 1.165) is 16.5 Å². The number of hydrogen-bond acceptors (Lipinski definition) is 1. The summed E-state index contributed by atoms with van der Waals surface area (Å²) < 4.78 is -0.246. The minimum absolute atomic E-state index is 0.338. The van der Waals surface area contributed by atoms with E-state index in [4.69, 9.17) is 34.8 Å². The van der Waals surface area contributed by atoms with Gasteiger partial charge in [-0.2, -0.15) is 0 Å². The predicted octanol–water partition coefficient (Wildman–Crippen LogP) is 5.18. The van der Waals surface area contributed by atoms with Crippen molar-refractivity contribution in [3.63, 3.8) is 0 Å².